The van der Waals surface area contributed by atoms with Gasteiger partial charge in [-0.2, -0.15) is 10.4 Å². The molecular formula is C15H14F2N4O2. The van der Waals surface area contributed by atoms with E-state index in [1.54, 1.807) is 13.0 Å². The van der Waals surface area contributed by atoms with E-state index in [0.29, 0.717) is 24.1 Å². The Morgan fingerprint density at radius 3 is 2.91 bits per heavy atom. The van der Waals surface area contributed by atoms with Crippen molar-refractivity contribution in [3.8, 4) is 11.8 Å². The van der Waals surface area contributed by atoms with Crippen molar-refractivity contribution >= 4 is 11.7 Å². The number of nitriles is 1. The highest BCUT2D eigenvalue weighted by Gasteiger charge is 2.11. The van der Waals surface area contributed by atoms with E-state index in [4.69, 9.17) is 10.00 Å². The van der Waals surface area contributed by atoms with Crippen LogP contribution in [0.2, 0.25) is 0 Å². The lowest BCUT2D eigenvalue weighted by Gasteiger charge is -2.09. The van der Waals surface area contributed by atoms with E-state index in [9.17, 15) is 13.6 Å². The van der Waals surface area contributed by atoms with Crippen molar-refractivity contribution in [1.29, 1.82) is 5.26 Å². The first-order valence-corrected chi connectivity index (χ1v) is 6.78. The first-order valence-electron chi connectivity index (χ1n) is 6.78. The SMILES string of the molecule is Cc1cc(NC(=O)COc2ccc(F)cc2F)n(CCC#N)n1. The second kappa shape index (κ2) is 7.35. The number of halogens is 2. The van der Waals surface area contributed by atoms with Crippen LogP contribution in [0.4, 0.5) is 14.6 Å². The summed E-state index contributed by atoms with van der Waals surface area (Å²) < 4.78 is 32.7. The number of ether oxygens (including phenoxy) is 1. The van der Waals surface area contributed by atoms with Crippen molar-refractivity contribution in [2.45, 2.75) is 19.9 Å². The molecule has 0 saturated carbocycles. The molecule has 0 fully saturated rings. The average Bonchev–Trinajstić information content (AvgIpc) is 2.83. The van der Waals surface area contributed by atoms with Gasteiger partial charge >= 0.3 is 0 Å². The number of hydrogen-bond donors (Lipinski definition) is 1. The molecule has 0 aliphatic heterocycles. The first kappa shape index (κ1) is 16.4. The van der Waals surface area contributed by atoms with Crippen LogP contribution in [0.5, 0.6) is 5.75 Å². The molecular weight excluding hydrogens is 306 g/mol. The third-order valence-corrected chi connectivity index (χ3v) is 2.86. The summed E-state index contributed by atoms with van der Waals surface area (Å²) in [6, 6.07) is 6.46. The molecule has 0 radical (unpaired) electrons. The van der Waals surface area contributed by atoms with Crippen LogP contribution in [0, 0.1) is 29.9 Å². The molecule has 0 atom stereocenters. The van der Waals surface area contributed by atoms with Crippen molar-refractivity contribution in [2.75, 3.05) is 11.9 Å². The molecule has 0 unspecified atom stereocenters. The highest BCUT2D eigenvalue weighted by Crippen LogP contribution is 2.17. The molecule has 1 aromatic carbocycles. The van der Waals surface area contributed by atoms with Gasteiger partial charge in [-0.15, -0.1) is 0 Å². The van der Waals surface area contributed by atoms with Gasteiger partial charge < -0.3 is 10.1 Å². The number of anilines is 1. The highest BCUT2D eigenvalue weighted by molar-refractivity contribution is 5.91. The Bertz CT molecular complexity index is 752. The topological polar surface area (TPSA) is 79.9 Å². The van der Waals surface area contributed by atoms with E-state index in [0.717, 1.165) is 12.1 Å². The number of benzene rings is 1. The van der Waals surface area contributed by atoms with Gasteiger partial charge in [0, 0.05) is 12.1 Å². The predicted molar refractivity (Wildman–Crippen MR) is 77.7 cm³/mol. The number of nitrogens with zero attached hydrogens (tertiary/aromatic N) is 3. The standard InChI is InChI=1S/C15H14F2N4O2/c1-10-7-14(21(20-10)6-2-5-18)19-15(22)9-23-13-4-3-11(16)8-12(13)17/h3-4,7-8H,2,6,9H2,1H3,(H,19,22). The normalized spacial score (nSPS) is 10.2. The van der Waals surface area contributed by atoms with Gasteiger partial charge in [0.1, 0.15) is 11.6 Å². The largest absolute Gasteiger partial charge is 0.481 e. The van der Waals surface area contributed by atoms with Gasteiger partial charge in [0.2, 0.25) is 0 Å². The van der Waals surface area contributed by atoms with Crippen LogP contribution in [0.15, 0.2) is 24.3 Å². The van der Waals surface area contributed by atoms with Gasteiger partial charge in [-0.05, 0) is 19.1 Å². The van der Waals surface area contributed by atoms with E-state index >= 15 is 0 Å². The van der Waals surface area contributed by atoms with E-state index in [2.05, 4.69) is 10.4 Å². The van der Waals surface area contributed by atoms with Gasteiger partial charge in [0.15, 0.2) is 18.2 Å². The van der Waals surface area contributed by atoms with Crippen molar-refractivity contribution in [3.05, 3.63) is 41.6 Å². The zero-order valence-corrected chi connectivity index (χ0v) is 12.3. The molecule has 6 nitrogen and oxygen atoms in total. The number of carbonyl (C=O) groups excluding carboxylic acids is 1. The number of aromatic nitrogens is 2. The summed E-state index contributed by atoms with van der Waals surface area (Å²) in [6.07, 6.45) is 0.251. The molecule has 1 heterocycles. The Morgan fingerprint density at radius 1 is 1.43 bits per heavy atom. The molecule has 0 aliphatic rings. The molecule has 1 N–H and O–H groups in total. The molecule has 1 aromatic heterocycles. The summed E-state index contributed by atoms with van der Waals surface area (Å²) in [6.45, 7) is 1.65. The lowest BCUT2D eigenvalue weighted by Crippen LogP contribution is -2.22. The maximum atomic E-state index is 13.4. The molecule has 8 heteroatoms. The first-order chi connectivity index (χ1) is 11.0. The number of hydrogen-bond acceptors (Lipinski definition) is 4. The van der Waals surface area contributed by atoms with Gasteiger partial charge in [0.05, 0.1) is 24.7 Å². The third-order valence-electron chi connectivity index (χ3n) is 2.86. The molecule has 0 bridgehead atoms. The minimum Gasteiger partial charge on any atom is -0.481 e. The summed E-state index contributed by atoms with van der Waals surface area (Å²) in [4.78, 5) is 11.9. The second-order valence-corrected chi connectivity index (χ2v) is 4.71. The Balaban J connectivity index is 1.96. The lowest BCUT2D eigenvalue weighted by atomic mass is 10.3. The second-order valence-electron chi connectivity index (χ2n) is 4.71. The van der Waals surface area contributed by atoms with Crippen LogP contribution in [0.25, 0.3) is 0 Å². The van der Waals surface area contributed by atoms with Gasteiger partial charge in [-0.25, -0.2) is 13.5 Å². The van der Waals surface area contributed by atoms with Crippen LogP contribution in [-0.2, 0) is 11.3 Å². The van der Waals surface area contributed by atoms with E-state index in [1.165, 1.54) is 4.68 Å². The van der Waals surface area contributed by atoms with Crippen molar-refractivity contribution < 1.29 is 18.3 Å². The minimum atomic E-state index is -0.882. The number of rotatable bonds is 6. The Hall–Kier alpha value is -2.95. The van der Waals surface area contributed by atoms with Gasteiger partial charge in [-0.3, -0.25) is 4.79 Å². The Labute approximate surface area is 131 Å². The molecule has 0 spiro atoms. The highest BCUT2D eigenvalue weighted by atomic mass is 19.1. The zero-order chi connectivity index (χ0) is 16.8. The maximum absolute atomic E-state index is 13.4. The quantitative estimate of drug-likeness (QED) is 0.886. The summed E-state index contributed by atoms with van der Waals surface area (Å²) in [7, 11) is 0. The van der Waals surface area contributed by atoms with Crippen molar-refractivity contribution in [3.63, 3.8) is 0 Å². The molecule has 2 rings (SSSR count). The Kier molecular flexibility index (Phi) is 5.25. The summed E-state index contributed by atoms with van der Waals surface area (Å²) in [5, 5.41) is 15.3. The lowest BCUT2D eigenvalue weighted by molar-refractivity contribution is -0.118. The summed E-state index contributed by atoms with van der Waals surface area (Å²) >= 11 is 0. The fraction of sp³-hybridized carbons (Fsp3) is 0.267. The predicted octanol–water partition coefficient (Wildman–Crippen LogP) is 2.40. The fourth-order valence-corrected chi connectivity index (χ4v) is 1.89. The summed E-state index contributed by atoms with van der Waals surface area (Å²) in [5.74, 6) is -1.92. The van der Waals surface area contributed by atoms with E-state index < -0.39 is 24.1 Å². The Morgan fingerprint density at radius 2 is 2.22 bits per heavy atom. The molecule has 1 amide bonds. The zero-order valence-electron chi connectivity index (χ0n) is 12.3. The van der Waals surface area contributed by atoms with Crippen LogP contribution in [-0.4, -0.2) is 22.3 Å². The fourth-order valence-electron chi connectivity index (χ4n) is 1.89. The van der Waals surface area contributed by atoms with Crippen LogP contribution in [0.1, 0.15) is 12.1 Å². The van der Waals surface area contributed by atoms with Crippen molar-refractivity contribution in [2.24, 2.45) is 0 Å². The number of aryl methyl sites for hydroxylation is 2. The van der Waals surface area contributed by atoms with E-state index in [-0.39, 0.29) is 12.2 Å². The maximum Gasteiger partial charge on any atom is 0.263 e. The van der Waals surface area contributed by atoms with Gasteiger partial charge in [0.25, 0.3) is 5.91 Å². The third kappa shape index (κ3) is 4.51. The van der Waals surface area contributed by atoms with Crippen molar-refractivity contribution in [1.82, 2.24) is 9.78 Å². The van der Waals surface area contributed by atoms with Crippen LogP contribution >= 0.6 is 0 Å². The minimum absolute atomic E-state index is 0.212. The van der Waals surface area contributed by atoms with Crippen LogP contribution < -0.4 is 10.1 Å². The molecule has 0 saturated heterocycles. The average molecular weight is 320 g/mol. The monoisotopic (exact) mass is 320 g/mol. The summed E-state index contributed by atoms with van der Waals surface area (Å²) in [5.41, 5.74) is 0.684. The number of nitrogens with one attached hydrogen (secondary N) is 1. The van der Waals surface area contributed by atoms with E-state index in [1.807, 2.05) is 6.07 Å². The number of amides is 1. The molecule has 23 heavy (non-hydrogen) atoms. The smallest absolute Gasteiger partial charge is 0.263 e. The molecule has 120 valence electrons. The number of carbonyl (C=O) groups is 1. The van der Waals surface area contributed by atoms with Crippen LogP contribution in [0.3, 0.4) is 0 Å². The molecule has 2 aromatic rings. The molecule has 0 aliphatic carbocycles. The van der Waals surface area contributed by atoms with Gasteiger partial charge in [-0.1, -0.05) is 0 Å².